The van der Waals surface area contributed by atoms with Crippen LogP contribution in [-0.2, 0) is 13.1 Å². The highest BCUT2D eigenvalue weighted by Crippen LogP contribution is 2.11. The molecule has 17 heavy (non-hydrogen) atoms. The lowest BCUT2D eigenvalue weighted by Gasteiger charge is -2.24. The van der Waals surface area contributed by atoms with Gasteiger partial charge in [-0.2, -0.15) is 0 Å². The lowest BCUT2D eigenvalue weighted by molar-refractivity contribution is 0.238. The predicted octanol–water partition coefficient (Wildman–Crippen LogP) is 3.01. The van der Waals surface area contributed by atoms with Gasteiger partial charge in [-0.1, -0.05) is 51.5 Å². The van der Waals surface area contributed by atoms with Crippen molar-refractivity contribution in [3.05, 3.63) is 35.4 Å². The molecule has 0 fully saturated rings. The first-order valence-electron chi connectivity index (χ1n) is 6.69. The molecule has 0 saturated heterocycles. The molecule has 0 aromatic heterocycles. The summed E-state index contributed by atoms with van der Waals surface area (Å²) < 4.78 is 0. The molecule has 0 aliphatic rings. The first-order chi connectivity index (χ1) is 8.19. The van der Waals surface area contributed by atoms with Crippen LogP contribution in [0.1, 0.15) is 38.3 Å². The normalized spacial score (nSPS) is 13.0. The van der Waals surface area contributed by atoms with Crippen LogP contribution in [0, 0.1) is 5.92 Å². The molecular weight excluding hydrogens is 208 g/mol. The zero-order valence-electron chi connectivity index (χ0n) is 11.4. The first-order valence-corrected chi connectivity index (χ1v) is 6.69. The maximum absolute atomic E-state index is 5.67. The van der Waals surface area contributed by atoms with E-state index in [0.29, 0.717) is 6.54 Å². The van der Waals surface area contributed by atoms with Crippen LogP contribution in [0.25, 0.3) is 0 Å². The van der Waals surface area contributed by atoms with Crippen molar-refractivity contribution in [1.82, 2.24) is 4.90 Å². The molecule has 0 spiro atoms. The van der Waals surface area contributed by atoms with Crippen molar-refractivity contribution >= 4 is 0 Å². The Morgan fingerprint density at radius 2 is 1.94 bits per heavy atom. The van der Waals surface area contributed by atoms with Crippen molar-refractivity contribution in [3.8, 4) is 0 Å². The molecule has 96 valence electrons. The second kappa shape index (κ2) is 7.46. The molecule has 0 radical (unpaired) electrons. The van der Waals surface area contributed by atoms with Crippen LogP contribution in [-0.4, -0.2) is 18.0 Å². The molecule has 0 aliphatic carbocycles. The Bertz CT molecular complexity index is 322. The minimum Gasteiger partial charge on any atom is -0.326 e. The van der Waals surface area contributed by atoms with Crippen LogP contribution in [0.15, 0.2) is 24.3 Å². The average Bonchev–Trinajstić information content (AvgIpc) is 2.37. The van der Waals surface area contributed by atoms with Crippen molar-refractivity contribution in [2.75, 3.05) is 13.1 Å². The van der Waals surface area contributed by atoms with Crippen molar-refractivity contribution in [2.45, 2.75) is 40.3 Å². The van der Waals surface area contributed by atoms with E-state index in [2.05, 4.69) is 49.9 Å². The van der Waals surface area contributed by atoms with Crippen LogP contribution < -0.4 is 5.73 Å². The monoisotopic (exact) mass is 234 g/mol. The highest BCUT2D eigenvalue weighted by molar-refractivity contribution is 5.23. The minimum absolute atomic E-state index is 0.630. The molecular formula is C15H26N2. The van der Waals surface area contributed by atoms with Gasteiger partial charge in [0.2, 0.25) is 0 Å². The Morgan fingerprint density at radius 3 is 2.53 bits per heavy atom. The van der Waals surface area contributed by atoms with Gasteiger partial charge in [-0.15, -0.1) is 0 Å². The number of rotatable bonds is 7. The summed E-state index contributed by atoms with van der Waals surface area (Å²) in [5.74, 6) is 0.771. The molecule has 1 unspecified atom stereocenters. The van der Waals surface area contributed by atoms with Gasteiger partial charge < -0.3 is 5.73 Å². The van der Waals surface area contributed by atoms with E-state index < -0.39 is 0 Å². The van der Waals surface area contributed by atoms with Crippen LogP contribution >= 0.6 is 0 Å². The van der Waals surface area contributed by atoms with Gasteiger partial charge in [0.25, 0.3) is 0 Å². The van der Waals surface area contributed by atoms with Gasteiger partial charge in [-0.25, -0.2) is 0 Å². The Balaban J connectivity index is 2.60. The smallest absolute Gasteiger partial charge is 0.0233 e. The van der Waals surface area contributed by atoms with E-state index in [4.69, 9.17) is 5.73 Å². The zero-order chi connectivity index (χ0) is 12.7. The zero-order valence-corrected chi connectivity index (χ0v) is 11.4. The van der Waals surface area contributed by atoms with E-state index >= 15 is 0 Å². The quantitative estimate of drug-likeness (QED) is 0.786. The highest BCUT2D eigenvalue weighted by atomic mass is 15.1. The molecule has 1 atom stereocenters. The Morgan fingerprint density at radius 1 is 1.24 bits per heavy atom. The standard InChI is InChI=1S/C15H26N2/c1-4-13(3)11-17(5-2)12-15-8-6-7-14(9-15)10-16/h6-9,13H,4-5,10-12,16H2,1-3H3. The molecule has 1 aromatic carbocycles. The largest absolute Gasteiger partial charge is 0.326 e. The van der Waals surface area contributed by atoms with Gasteiger partial charge in [0.15, 0.2) is 0 Å². The van der Waals surface area contributed by atoms with E-state index in [0.717, 1.165) is 19.0 Å². The van der Waals surface area contributed by atoms with E-state index in [1.807, 2.05) is 0 Å². The summed E-state index contributed by atoms with van der Waals surface area (Å²) in [7, 11) is 0. The summed E-state index contributed by atoms with van der Waals surface area (Å²) in [6.45, 7) is 10.8. The van der Waals surface area contributed by atoms with Gasteiger partial charge in [-0.05, 0) is 23.6 Å². The molecule has 0 saturated carbocycles. The molecule has 0 amide bonds. The fraction of sp³-hybridized carbons (Fsp3) is 0.600. The van der Waals surface area contributed by atoms with Gasteiger partial charge in [0.05, 0.1) is 0 Å². The summed E-state index contributed by atoms with van der Waals surface area (Å²) in [5.41, 5.74) is 8.27. The van der Waals surface area contributed by atoms with Crippen molar-refractivity contribution in [2.24, 2.45) is 11.7 Å². The summed E-state index contributed by atoms with van der Waals surface area (Å²) in [5, 5.41) is 0. The third-order valence-corrected chi connectivity index (χ3v) is 3.35. The number of benzene rings is 1. The number of hydrogen-bond donors (Lipinski definition) is 1. The molecule has 1 aromatic rings. The van der Waals surface area contributed by atoms with Gasteiger partial charge in [0.1, 0.15) is 0 Å². The van der Waals surface area contributed by atoms with Crippen molar-refractivity contribution in [1.29, 1.82) is 0 Å². The van der Waals surface area contributed by atoms with E-state index in [1.165, 1.54) is 24.1 Å². The summed E-state index contributed by atoms with van der Waals surface area (Å²) >= 11 is 0. The van der Waals surface area contributed by atoms with E-state index in [-0.39, 0.29) is 0 Å². The summed E-state index contributed by atoms with van der Waals surface area (Å²) in [4.78, 5) is 2.50. The molecule has 0 bridgehead atoms. The van der Waals surface area contributed by atoms with Crippen LogP contribution in [0.2, 0.25) is 0 Å². The van der Waals surface area contributed by atoms with Gasteiger partial charge >= 0.3 is 0 Å². The molecule has 0 heterocycles. The first kappa shape index (κ1) is 14.2. The van der Waals surface area contributed by atoms with Crippen LogP contribution in [0.4, 0.5) is 0 Å². The fourth-order valence-corrected chi connectivity index (χ4v) is 1.99. The molecule has 2 N–H and O–H groups in total. The third kappa shape index (κ3) is 4.88. The van der Waals surface area contributed by atoms with E-state index in [1.54, 1.807) is 0 Å². The lowest BCUT2D eigenvalue weighted by atomic mass is 10.1. The Kier molecular flexibility index (Phi) is 6.23. The minimum atomic E-state index is 0.630. The van der Waals surface area contributed by atoms with Gasteiger partial charge in [-0.3, -0.25) is 4.90 Å². The van der Waals surface area contributed by atoms with Crippen molar-refractivity contribution in [3.63, 3.8) is 0 Å². The average molecular weight is 234 g/mol. The second-order valence-electron chi connectivity index (χ2n) is 4.87. The Labute approximate surface area is 106 Å². The summed E-state index contributed by atoms with van der Waals surface area (Å²) in [6.07, 6.45) is 1.25. The summed E-state index contributed by atoms with van der Waals surface area (Å²) in [6, 6.07) is 8.61. The van der Waals surface area contributed by atoms with Crippen LogP contribution in [0.3, 0.4) is 0 Å². The number of nitrogens with two attached hydrogens (primary N) is 1. The third-order valence-electron chi connectivity index (χ3n) is 3.35. The fourth-order valence-electron chi connectivity index (χ4n) is 1.99. The second-order valence-corrected chi connectivity index (χ2v) is 4.87. The van der Waals surface area contributed by atoms with Gasteiger partial charge in [0, 0.05) is 19.6 Å². The SMILES string of the molecule is CCC(C)CN(CC)Cc1cccc(CN)c1. The van der Waals surface area contributed by atoms with Crippen molar-refractivity contribution < 1.29 is 0 Å². The number of nitrogens with zero attached hydrogens (tertiary/aromatic N) is 1. The molecule has 2 heteroatoms. The maximum Gasteiger partial charge on any atom is 0.0233 e. The predicted molar refractivity (Wildman–Crippen MR) is 74.7 cm³/mol. The topological polar surface area (TPSA) is 29.3 Å². The maximum atomic E-state index is 5.67. The molecule has 2 nitrogen and oxygen atoms in total. The number of hydrogen-bond acceptors (Lipinski definition) is 2. The lowest BCUT2D eigenvalue weighted by Crippen LogP contribution is -2.27. The Hall–Kier alpha value is -0.860. The molecule has 1 rings (SSSR count). The van der Waals surface area contributed by atoms with Crippen LogP contribution in [0.5, 0.6) is 0 Å². The highest BCUT2D eigenvalue weighted by Gasteiger charge is 2.08. The molecule has 0 aliphatic heterocycles. The van der Waals surface area contributed by atoms with E-state index in [9.17, 15) is 0 Å².